The summed E-state index contributed by atoms with van der Waals surface area (Å²) < 4.78 is 22.5. The number of hydrogen-bond acceptors (Lipinski definition) is 8. The summed E-state index contributed by atoms with van der Waals surface area (Å²) >= 11 is 1.69. The van der Waals surface area contributed by atoms with Crippen LogP contribution in [0.3, 0.4) is 0 Å². The third-order valence-corrected chi connectivity index (χ3v) is 8.27. The fourth-order valence-electron chi connectivity index (χ4n) is 5.31. The van der Waals surface area contributed by atoms with Crippen molar-refractivity contribution in [2.45, 2.75) is 71.6 Å². The smallest absolute Gasteiger partial charge is 0.306 e. The van der Waals surface area contributed by atoms with E-state index < -0.39 is 0 Å². The van der Waals surface area contributed by atoms with Crippen LogP contribution in [0.4, 0.5) is 0 Å². The molecule has 8 heteroatoms. The van der Waals surface area contributed by atoms with E-state index in [-0.39, 0.29) is 11.9 Å². The molecule has 0 amide bonds. The third-order valence-electron chi connectivity index (χ3n) is 7.59. The summed E-state index contributed by atoms with van der Waals surface area (Å²) in [6, 6.07) is 18.7. The van der Waals surface area contributed by atoms with Crippen molar-refractivity contribution in [2.75, 3.05) is 26.4 Å². The first-order valence-electron chi connectivity index (χ1n) is 16.3. The molecule has 2 aromatic carbocycles. The Labute approximate surface area is 276 Å². The maximum absolute atomic E-state index is 12.1. The minimum Gasteiger partial charge on any atom is -0.494 e. The van der Waals surface area contributed by atoms with Crippen molar-refractivity contribution in [1.29, 1.82) is 0 Å². The lowest BCUT2D eigenvalue weighted by atomic mass is 9.96. The summed E-state index contributed by atoms with van der Waals surface area (Å²) in [6.45, 7) is 5.43. The van der Waals surface area contributed by atoms with Crippen LogP contribution < -0.4 is 9.47 Å². The van der Waals surface area contributed by atoms with Crippen LogP contribution in [0.2, 0.25) is 0 Å². The van der Waals surface area contributed by atoms with Gasteiger partial charge in [-0.2, -0.15) is 11.3 Å². The predicted molar refractivity (Wildman–Crippen MR) is 183 cm³/mol. The molecule has 2 heterocycles. The van der Waals surface area contributed by atoms with E-state index in [1.165, 1.54) is 11.1 Å². The zero-order valence-corrected chi connectivity index (χ0v) is 27.8. The highest BCUT2D eigenvalue weighted by Crippen LogP contribution is 2.32. The number of carbonyl (C=O) groups is 2. The lowest BCUT2D eigenvalue weighted by Gasteiger charge is -2.16. The monoisotopic (exact) mass is 643 g/mol. The molecule has 46 heavy (non-hydrogen) atoms. The highest BCUT2D eigenvalue weighted by Gasteiger charge is 2.13. The van der Waals surface area contributed by atoms with Gasteiger partial charge in [0.05, 0.1) is 26.4 Å². The van der Waals surface area contributed by atoms with E-state index in [0.29, 0.717) is 52.1 Å². The molecule has 0 spiro atoms. The molecule has 0 N–H and O–H groups in total. The molecule has 0 fully saturated rings. The molecule has 0 aliphatic carbocycles. The van der Waals surface area contributed by atoms with Gasteiger partial charge in [0.2, 0.25) is 0 Å². The number of carbonyl (C=O) groups excluding carboxylic acids is 2. The van der Waals surface area contributed by atoms with E-state index in [4.69, 9.17) is 18.9 Å². The van der Waals surface area contributed by atoms with Crippen molar-refractivity contribution < 1.29 is 28.5 Å². The normalized spacial score (nSPS) is 10.8. The van der Waals surface area contributed by atoms with E-state index >= 15 is 0 Å². The number of hydrogen-bond donors (Lipinski definition) is 0. The van der Waals surface area contributed by atoms with Crippen molar-refractivity contribution in [3.63, 3.8) is 0 Å². The summed E-state index contributed by atoms with van der Waals surface area (Å²) in [6.07, 6.45) is 10.4. The van der Waals surface area contributed by atoms with Crippen LogP contribution in [0.25, 0.3) is 22.3 Å². The number of aromatic nitrogens is 1. The Morgan fingerprint density at radius 1 is 0.696 bits per heavy atom. The van der Waals surface area contributed by atoms with E-state index in [1.807, 2.05) is 43.6 Å². The Bertz CT molecular complexity index is 1490. The first-order chi connectivity index (χ1) is 22.6. The van der Waals surface area contributed by atoms with Gasteiger partial charge in [0.15, 0.2) is 0 Å². The minimum atomic E-state index is -0.214. The van der Waals surface area contributed by atoms with Crippen molar-refractivity contribution in [2.24, 2.45) is 0 Å². The molecular formula is C38H45NO6S. The van der Waals surface area contributed by atoms with Gasteiger partial charge in [0.1, 0.15) is 11.5 Å². The molecule has 0 saturated carbocycles. The molecule has 7 nitrogen and oxygen atoms in total. The van der Waals surface area contributed by atoms with Crippen LogP contribution in [0.15, 0.2) is 77.8 Å². The van der Waals surface area contributed by atoms with Gasteiger partial charge in [0.25, 0.3) is 0 Å². The Balaban J connectivity index is 1.28. The number of unbranched alkanes of at least 4 members (excludes halogenated alkanes) is 3. The summed E-state index contributed by atoms with van der Waals surface area (Å²) in [5.41, 5.74) is 6.81. The standard InChI is InChI=1S/C38H45NO6S/c1-3-42-37(40)14-10-23-45-36-13-9-12-30(35(36)15-16-38(41)43-4-2)11-7-5-6-8-22-44-34-26-32(29-17-20-39-21-18-29)25-33(27-34)31-19-24-46-28-31/h9,12-13,17-21,24-28H,3-8,10-11,14-16,22-23H2,1-2H3. The van der Waals surface area contributed by atoms with E-state index in [0.717, 1.165) is 65.9 Å². The van der Waals surface area contributed by atoms with Gasteiger partial charge in [0, 0.05) is 25.2 Å². The van der Waals surface area contributed by atoms with E-state index in [9.17, 15) is 9.59 Å². The molecule has 0 aliphatic rings. The Hall–Kier alpha value is -4.17. The van der Waals surface area contributed by atoms with Crippen molar-refractivity contribution in [1.82, 2.24) is 4.98 Å². The topological polar surface area (TPSA) is 84.0 Å². The molecule has 0 radical (unpaired) electrons. The zero-order valence-electron chi connectivity index (χ0n) is 27.0. The number of rotatable bonds is 20. The fourth-order valence-corrected chi connectivity index (χ4v) is 5.97. The van der Waals surface area contributed by atoms with Crippen LogP contribution >= 0.6 is 11.3 Å². The van der Waals surface area contributed by atoms with Crippen molar-refractivity contribution >= 4 is 23.3 Å². The lowest BCUT2D eigenvalue weighted by Crippen LogP contribution is -2.10. The van der Waals surface area contributed by atoms with Gasteiger partial charge < -0.3 is 18.9 Å². The number of nitrogens with zero attached hydrogens (tertiary/aromatic N) is 1. The highest BCUT2D eigenvalue weighted by atomic mass is 32.1. The van der Waals surface area contributed by atoms with Crippen LogP contribution in [0.5, 0.6) is 11.5 Å². The van der Waals surface area contributed by atoms with E-state index in [2.05, 4.69) is 46.1 Å². The second kappa shape index (κ2) is 19.4. The number of ether oxygens (including phenoxy) is 4. The molecule has 2 aromatic heterocycles. The maximum atomic E-state index is 12.1. The predicted octanol–water partition coefficient (Wildman–Crippen LogP) is 8.88. The highest BCUT2D eigenvalue weighted by molar-refractivity contribution is 7.08. The quantitative estimate of drug-likeness (QED) is 0.0703. The van der Waals surface area contributed by atoms with Gasteiger partial charge >= 0.3 is 11.9 Å². The average molecular weight is 644 g/mol. The third kappa shape index (κ3) is 11.3. The first kappa shape index (κ1) is 34.7. The van der Waals surface area contributed by atoms with Crippen LogP contribution in [0.1, 0.15) is 69.9 Å². The largest absolute Gasteiger partial charge is 0.494 e. The van der Waals surface area contributed by atoms with Gasteiger partial charge in [-0.25, -0.2) is 0 Å². The molecule has 244 valence electrons. The summed E-state index contributed by atoms with van der Waals surface area (Å²) in [5.74, 6) is 1.23. The second-order valence-electron chi connectivity index (χ2n) is 11.0. The number of esters is 2. The lowest BCUT2D eigenvalue weighted by molar-refractivity contribution is -0.144. The Morgan fingerprint density at radius 2 is 1.41 bits per heavy atom. The van der Waals surface area contributed by atoms with Gasteiger partial charge in [-0.1, -0.05) is 25.0 Å². The summed E-state index contributed by atoms with van der Waals surface area (Å²) in [7, 11) is 0. The van der Waals surface area contributed by atoms with Gasteiger partial charge in [-0.05, 0) is 133 Å². The van der Waals surface area contributed by atoms with Crippen LogP contribution in [-0.4, -0.2) is 43.4 Å². The van der Waals surface area contributed by atoms with Gasteiger partial charge in [-0.3, -0.25) is 14.6 Å². The minimum absolute atomic E-state index is 0.209. The Kier molecular flexibility index (Phi) is 14.6. The summed E-state index contributed by atoms with van der Waals surface area (Å²) in [4.78, 5) is 28.0. The SMILES string of the molecule is CCOC(=O)CCCOc1cccc(CCCCCCOc2cc(-c3ccncc3)cc(-c3ccsc3)c2)c1CCC(=O)OCC. The first-order valence-corrected chi connectivity index (χ1v) is 17.3. The number of benzene rings is 2. The molecule has 0 saturated heterocycles. The second-order valence-corrected chi connectivity index (χ2v) is 11.7. The van der Waals surface area contributed by atoms with Crippen LogP contribution in [-0.2, 0) is 31.9 Å². The molecule has 0 atom stereocenters. The summed E-state index contributed by atoms with van der Waals surface area (Å²) in [5, 5.41) is 4.25. The molecular weight excluding hydrogens is 598 g/mol. The van der Waals surface area contributed by atoms with Crippen molar-refractivity contribution in [3.8, 4) is 33.8 Å². The zero-order chi connectivity index (χ0) is 32.4. The number of pyridine rings is 1. The Morgan fingerprint density at radius 3 is 2.15 bits per heavy atom. The molecule has 0 unspecified atom stereocenters. The van der Waals surface area contributed by atoms with E-state index in [1.54, 1.807) is 18.3 Å². The van der Waals surface area contributed by atoms with Crippen LogP contribution in [0, 0.1) is 0 Å². The van der Waals surface area contributed by atoms with Gasteiger partial charge in [-0.15, -0.1) is 0 Å². The number of aryl methyl sites for hydroxylation is 1. The average Bonchev–Trinajstić information content (AvgIpc) is 3.62. The fraction of sp³-hybridized carbons (Fsp3) is 0.395. The van der Waals surface area contributed by atoms with Crippen molar-refractivity contribution in [3.05, 3.63) is 88.9 Å². The maximum Gasteiger partial charge on any atom is 0.306 e. The number of thiophene rings is 1. The molecule has 4 rings (SSSR count). The molecule has 0 bridgehead atoms. The molecule has 4 aromatic rings. The molecule has 0 aliphatic heterocycles.